The third kappa shape index (κ3) is 3.67. The molecule has 0 aliphatic heterocycles. The predicted molar refractivity (Wildman–Crippen MR) is 85.6 cm³/mol. The van der Waals surface area contributed by atoms with Crippen LogP contribution in [0.25, 0.3) is 0 Å². The van der Waals surface area contributed by atoms with Crippen LogP contribution >= 0.6 is 34.5 Å². The number of benzene rings is 1. The first-order valence-corrected chi connectivity index (χ1v) is 7.94. The summed E-state index contributed by atoms with van der Waals surface area (Å²) in [7, 11) is 1.81. The van der Waals surface area contributed by atoms with E-state index in [2.05, 4.69) is 4.99 Å². The van der Waals surface area contributed by atoms with Gasteiger partial charge in [0.15, 0.2) is 4.80 Å². The van der Waals surface area contributed by atoms with E-state index in [0.717, 1.165) is 5.69 Å². The molecule has 7 heteroatoms. The summed E-state index contributed by atoms with van der Waals surface area (Å²) >= 11 is 13.3. The molecule has 0 spiro atoms. The largest absolute Gasteiger partial charge is 0.481 e. The van der Waals surface area contributed by atoms with Crippen LogP contribution in [0.4, 0.5) is 5.69 Å². The number of aliphatic carboxylic acids is 1. The Morgan fingerprint density at radius 3 is 2.52 bits per heavy atom. The Morgan fingerprint density at radius 2 is 2.00 bits per heavy atom. The van der Waals surface area contributed by atoms with Crippen LogP contribution < -0.4 is 4.80 Å². The van der Waals surface area contributed by atoms with Crippen LogP contribution in [0.5, 0.6) is 0 Å². The Bertz CT molecular complexity index is 717. The average Bonchev–Trinajstić information content (AvgIpc) is 2.71. The van der Waals surface area contributed by atoms with E-state index in [0.29, 0.717) is 27.0 Å². The van der Waals surface area contributed by atoms with Crippen molar-refractivity contribution in [2.45, 2.75) is 19.3 Å². The van der Waals surface area contributed by atoms with Crippen LogP contribution in [-0.4, -0.2) is 15.6 Å². The zero-order valence-electron chi connectivity index (χ0n) is 11.5. The van der Waals surface area contributed by atoms with E-state index in [1.165, 1.54) is 11.3 Å². The number of halogens is 2. The first-order chi connectivity index (χ1) is 9.92. The fourth-order valence-corrected chi connectivity index (χ4v) is 3.51. The van der Waals surface area contributed by atoms with Crippen molar-refractivity contribution < 1.29 is 9.90 Å². The van der Waals surface area contributed by atoms with Crippen LogP contribution in [0.2, 0.25) is 10.0 Å². The number of hydrogen-bond acceptors (Lipinski definition) is 3. The van der Waals surface area contributed by atoms with E-state index in [1.54, 1.807) is 22.8 Å². The maximum absolute atomic E-state index is 11.3. The summed E-state index contributed by atoms with van der Waals surface area (Å²) in [5, 5.41) is 12.1. The van der Waals surface area contributed by atoms with Gasteiger partial charge in [-0.1, -0.05) is 30.1 Å². The molecule has 1 aromatic heterocycles. The lowest BCUT2D eigenvalue weighted by molar-refractivity contribution is -0.139. The van der Waals surface area contributed by atoms with Crippen LogP contribution in [0, 0.1) is 0 Å². The summed E-state index contributed by atoms with van der Waals surface area (Å²) in [6.45, 7) is 1.85. The molecule has 1 atom stereocenters. The number of carboxylic acid groups (broad SMARTS) is 1. The topological polar surface area (TPSA) is 54.6 Å². The van der Waals surface area contributed by atoms with Gasteiger partial charge in [-0.05, 0) is 24.6 Å². The fraction of sp³-hybridized carbons (Fsp3) is 0.286. The highest BCUT2D eigenvalue weighted by Crippen LogP contribution is 2.25. The highest BCUT2D eigenvalue weighted by Gasteiger charge is 2.21. The average molecular weight is 345 g/mol. The summed E-state index contributed by atoms with van der Waals surface area (Å²) in [6.07, 6.45) is 0.530. The van der Waals surface area contributed by atoms with Gasteiger partial charge < -0.3 is 9.67 Å². The van der Waals surface area contributed by atoms with Gasteiger partial charge in [0.2, 0.25) is 0 Å². The maximum atomic E-state index is 11.3. The zero-order chi connectivity index (χ0) is 15.6. The number of aromatic nitrogens is 1. The second-order valence-corrected chi connectivity index (χ2v) is 6.25. The molecule has 1 unspecified atom stereocenters. The van der Waals surface area contributed by atoms with E-state index in [4.69, 9.17) is 23.2 Å². The van der Waals surface area contributed by atoms with Gasteiger partial charge in [0.25, 0.3) is 0 Å². The van der Waals surface area contributed by atoms with Gasteiger partial charge in [0.05, 0.1) is 11.6 Å². The minimum Gasteiger partial charge on any atom is -0.481 e. The maximum Gasteiger partial charge on any atom is 0.312 e. The van der Waals surface area contributed by atoms with Crippen molar-refractivity contribution in [3.05, 3.63) is 44.1 Å². The van der Waals surface area contributed by atoms with Crippen molar-refractivity contribution in [1.29, 1.82) is 0 Å². The molecule has 0 aliphatic rings. The molecule has 21 heavy (non-hydrogen) atoms. The smallest absolute Gasteiger partial charge is 0.312 e. The fourth-order valence-electron chi connectivity index (χ4n) is 2.02. The number of nitrogens with zero attached hydrogens (tertiary/aromatic N) is 2. The van der Waals surface area contributed by atoms with Crippen LogP contribution in [0.1, 0.15) is 25.0 Å². The first kappa shape index (κ1) is 16.1. The molecule has 2 aromatic rings. The molecular weight excluding hydrogens is 331 g/mol. The third-order valence-corrected chi connectivity index (χ3v) is 4.47. The lowest BCUT2D eigenvalue weighted by Crippen LogP contribution is -2.19. The number of rotatable bonds is 4. The molecule has 1 heterocycles. The molecule has 0 bridgehead atoms. The van der Waals surface area contributed by atoms with Gasteiger partial charge in [-0.2, -0.15) is 0 Å². The molecule has 0 amide bonds. The number of hydrogen-bond donors (Lipinski definition) is 1. The van der Waals surface area contributed by atoms with Crippen molar-refractivity contribution in [2.75, 3.05) is 0 Å². The molecule has 1 aromatic carbocycles. The van der Waals surface area contributed by atoms with Crippen LogP contribution in [-0.2, 0) is 11.8 Å². The molecule has 0 radical (unpaired) electrons. The molecule has 0 saturated heterocycles. The van der Waals surface area contributed by atoms with Gasteiger partial charge in [-0.3, -0.25) is 4.79 Å². The molecule has 0 fully saturated rings. The summed E-state index contributed by atoms with van der Waals surface area (Å²) in [5.41, 5.74) is 1.38. The summed E-state index contributed by atoms with van der Waals surface area (Å²) in [4.78, 5) is 16.4. The van der Waals surface area contributed by atoms with Crippen molar-refractivity contribution in [3.63, 3.8) is 0 Å². The molecule has 0 aliphatic carbocycles. The monoisotopic (exact) mass is 344 g/mol. The van der Waals surface area contributed by atoms with Gasteiger partial charge in [-0.15, -0.1) is 11.3 Å². The second kappa shape index (κ2) is 6.64. The molecule has 0 saturated carbocycles. The normalized spacial score (nSPS) is 13.4. The number of carboxylic acids is 1. The van der Waals surface area contributed by atoms with Crippen molar-refractivity contribution in [3.8, 4) is 0 Å². The van der Waals surface area contributed by atoms with Gasteiger partial charge in [0.1, 0.15) is 0 Å². The molecular formula is C14H14Cl2N2O2S. The lowest BCUT2D eigenvalue weighted by Gasteiger charge is -2.10. The summed E-state index contributed by atoms with van der Waals surface area (Å²) in [6, 6.07) is 5.06. The Hall–Kier alpha value is -1.30. The molecule has 112 valence electrons. The summed E-state index contributed by atoms with van der Waals surface area (Å²) < 4.78 is 1.79. The van der Waals surface area contributed by atoms with Crippen molar-refractivity contribution in [1.82, 2.24) is 4.57 Å². The van der Waals surface area contributed by atoms with E-state index in [1.807, 2.05) is 19.4 Å². The first-order valence-electron chi connectivity index (χ1n) is 6.30. The third-order valence-electron chi connectivity index (χ3n) is 3.09. The van der Waals surface area contributed by atoms with Crippen molar-refractivity contribution >= 4 is 46.2 Å². The minimum absolute atomic E-state index is 0.512. The second-order valence-electron chi connectivity index (χ2n) is 4.54. The highest BCUT2D eigenvalue weighted by molar-refractivity contribution is 7.07. The Morgan fingerprint density at radius 1 is 1.38 bits per heavy atom. The lowest BCUT2D eigenvalue weighted by atomic mass is 10.0. The Kier molecular flexibility index (Phi) is 5.08. The predicted octanol–water partition coefficient (Wildman–Crippen LogP) is 4.20. The quantitative estimate of drug-likeness (QED) is 0.903. The minimum atomic E-state index is -0.830. The molecule has 1 N–H and O–H groups in total. The van der Waals surface area contributed by atoms with E-state index < -0.39 is 11.9 Å². The van der Waals surface area contributed by atoms with Gasteiger partial charge >= 0.3 is 5.97 Å². The van der Waals surface area contributed by atoms with Crippen molar-refractivity contribution in [2.24, 2.45) is 12.0 Å². The number of carbonyl (C=O) groups is 1. The standard InChI is InChI=1S/C14H14Cl2N2O2S/c1-3-11(13(19)20)12-7-21-14(18(12)2)17-10-5-8(15)4-9(16)6-10/h4-7,11H,3H2,1-2H3,(H,19,20)/b17-14+. The van der Waals surface area contributed by atoms with Crippen LogP contribution in [0.3, 0.4) is 0 Å². The molecule has 2 rings (SSSR count). The Balaban J connectivity index is 2.48. The molecule has 4 nitrogen and oxygen atoms in total. The summed E-state index contributed by atoms with van der Waals surface area (Å²) in [5.74, 6) is -1.36. The number of thiazole rings is 1. The highest BCUT2D eigenvalue weighted by atomic mass is 35.5. The SMILES string of the molecule is CCC(C(=O)O)c1cs/c(=N/c2cc(Cl)cc(Cl)c2)n1C. The van der Waals surface area contributed by atoms with Gasteiger partial charge in [-0.25, -0.2) is 4.99 Å². The van der Waals surface area contributed by atoms with Crippen LogP contribution in [0.15, 0.2) is 28.6 Å². The van der Waals surface area contributed by atoms with Gasteiger partial charge in [0, 0.05) is 28.2 Å². The van der Waals surface area contributed by atoms with E-state index >= 15 is 0 Å². The van der Waals surface area contributed by atoms with E-state index in [-0.39, 0.29) is 0 Å². The zero-order valence-corrected chi connectivity index (χ0v) is 13.8. The Labute approximate surface area is 136 Å². The van der Waals surface area contributed by atoms with E-state index in [9.17, 15) is 9.90 Å².